The van der Waals surface area contributed by atoms with Gasteiger partial charge in [0.05, 0.1) is 13.2 Å². The van der Waals surface area contributed by atoms with Crippen LogP contribution in [0, 0.1) is 0 Å². The SMILES string of the molecule is CCCCCCCC/C=C\CCCCCCCC(=O)OCCCOC(=O)NCCN(C)C. The third-order valence-corrected chi connectivity index (χ3v) is 5.26. The average Bonchev–Trinajstić information content (AvgIpc) is 2.76. The number of likely N-dealkylation sites (N-methyl/N-ethyl adjacent to an activating group) is 1. The van der Waals surface area contributed by atoms with E-state index < -0.39 is 6.09 Å². The molecule has 0 aliphatic heterocycles. The first-order chi connectivity index (χ1) is 15.6. The number of nitrogens with one attached hydrogen (secondary N) is 1. The maximum Gasteiger partial charge on any atom is 0.407 e. The predicted molar refractivity (Wildman–Crippen MR) is 133 cm³/mol. The van der Waals surface area contributed by atoms with Gasteiger partial charge in [-0.05, 0) is 46.2 Å². The maximum atomic E-state index is 11.7. The van der Waals surface area contributed by atoms with Gasteiger partial charge >= 0.3 is 12.1 Å². The second kappa shape index (κ2) is 24.1. The van der Waals surface area contributed by atoms with Crippen LogP contribution in [-0.2, 0) is 14.3 Å². The molecule has 0 rings (SSSR count). The molecule has 0 heterocycles. The number of ether oxygens (including phenoxy) is 2. The first-order valence-corrected chi connectivity index (χ1v) is 12.9. The number of carbonyl (C=O) groups is 2. The molecule has 1 N–H and O–H groups in total. The minimum atomic E-state index is -0.425. The molecule has 0 spiro atoms. The molecule has 0 aromatic rings. The van der Waals surface area contributed by atoms with Gasteiger partial charge in [-0.1, -0.05) is 70.4 Å². The Morgan fingerprint density at radius 3 is 1.94 bits per heavy atom. The predicted octanol–water partition coefficient (Wildman–Crippen LogP) is 6.25. The van der Waals surface area contributed by atoms with Crippen LogP contribution in [-0.4, -0.2) is 57.4 Å². The van der Waals surface area contributed by atoms with Crippen LogP contribution < -0.4 is 5.32 Å². The van der Waals surface area contributed by atoms with Crippen molar-refractivity contribution in [3.05, 3.63) is 12.2 Å². The lowest BCUT2D eigenvalue weighted by molar-refractivity contribution is -0.144. The number of allylic oxidation sites excluding steroid dienone is 2. The molecule has 0 saturated carbocycles. The van der Waals surface area contributed by atoms with E-state index >= 15 is 0 Å². The van der Waals surface area contributed by atoms with Crippen LogP contribution >= 0.6 is 0 Å². The second-order valence-corrected chi connectivity index (χ2v) is 8.77. The van der Waals surface area contributed by atoms with Crippen molar-refractivity contribution >= 4 is 12.1 Å². The molecule has 0 aliphatic rings. The maximum absolute atomic E-state index is 11.7. The minimum absolute atomic E-state index is 0.155. The summed E-state index contributed by atoms with van der Waals surface area (Å²) in [7, 11) is 3.89. The highest BCUT2D eigenvalue weighted by atomic mass is 16.6. The van der Waals surface area contributed by atoms with Crippen molar-refractivity contribution in [2.24, 2.45) is 0 Å². The van der Waals surface area contributed by atoms with Gasteiger partial charge in [0.2, 0.25) is 0 Å². The summed E-state index contributed by atoms with van der Waals surface area (Å²) in [6.45, 7) is 4.14. The monoisotopic (exact) mass is 454 g/mol. The molecule has 32 heavy (non-hydrogen) atoms. The van der Waals surface area contributed by atoms with Crippen LogP contribution in [0.5, 0.6) is 0 Å². The summed E-state index contributed by atoms with van der Waals surface area (Å²) in [6, 6.07) is 0. The van der Waals surface area contributed by atoms with E-state index in [1.54, 1.807) is 0 Å². The van der Waals surface area contributed by atoms with Crippen molar-refractivity contribution in [2.75, 3.05) is 40.4 Å². The molecule has 188 valence electrons. The molecule has 0 atom stereocenters. The van der Waals surface area contributed by atoms with Crippen LogP contribution in [0.1, 0.15) is 103 Å². The standard InChI is InChI=1S/C26H50N2O4/c1-4-5-6-7-8-9-10-11-12-13-14-15-16-17-18-20-25(29)31-23-19-24-32-26(30)27-21-22-28(2)3/h11-12H,4-10,13-24H2,1-3H3,(H,27,30)/b12-11-. The summed E-state index contributed by atoms with van der Waals surface area (Å²) in [4.78, 5) is 25.1. The quantitative estimate of drug-likeness (QED) is 0.119. The third-order valence-electron chi connectivity index (χ3n) is 5.26. The summed E-state index contributed by atoms with van der Waals surface area (Å²) < 4.78 is 10.2. The summed E-state index contributed by atoms with van der Waals surface area (Å²) in [5, 5.41) is 2.67. The van der Waals surface area contributed by atoms with Gasteiger partial charge < -0.3 is 19.7 Å². The molecule has 6 nitrogen and oxygen atoms in total. The molecule has 0 bridgehead atoms. The van der Waals surface area contributed by atoms with Crippen molar-refractivity contribution in [2.45, 2.75) is 103 Å². The molecule has 0 aromatic carbocycles. The Balaban J connectivity index is 3.31. The number of hydrogen-bond donors (Lipinski definition) is 1. The first kappa shape index (κ1) is 30.4. The molecule has 0 fully saturated rings. The normalized spacial score (nSPS) is 11.2. The van der Waals surface area contributed by atoms with Gasteiger partial charge in [-0.3, -0.25) is 4.79 Å². The summed E-state index contributed by atoms with van der Waals surface area (Å²) in [6.07, 6.45) is 21.4. The Bertz CT molecular complexity index is 467. The van der Waals surface area contributed by atoms with Crippen LogP contribution in [0.15, 0.2) is 12.2 Å². The average molecular weight is 455 g/mol. The van der Waals surface area contributed by atoms with Gasteiger partial charge in [0.25, 0.3) is 0 Å². The van der Waals surface area contributed by atoms with Gasteiger partial charge in [0.1, 0.15) is 0 Å². The number of amides is 1. The van der Waals surface area contributed by atoms with Gasteiger partial charge in [-0.2, -0.15) is 0 Å². The van der Waals surface area contributed by atoms with Crippen molar-refractivity contribution in [3.63, 3.8) is 0 Å². The van der Waals surface area contributed by atoms with Crippen LogP contribution in [0.25, 0.3) is 0 Å². The van der Waals surface area contributed by atoms with E-state index in [0.29, 0.717) is 26.0 Å². The van der Waals surface area contributed by atoms with Crippen LogP contribution in [0.3, 0.4) is 0 Å². The Morgan fingerprint density at radius 2 is 1.31 bits per heavy atom. The van der Waals surface area contributed by atoms with Crippen molar-refractivity contribution in [3.8, 4) is 0 Å². The molecule has 6 heteroatoms. The largest absolute Gasteiger partial charge is 0.466 e. The lowest BCUT2D eigenvalue weighted by atomic mass is 10.1. The fourth-order valence-electron chi connectivity index (χ4n) is 3.25. The topological polar surface area (TPSA) is 67.9 Å². The minimum Gasteiger partial charge on any atom is -0.466 e. The fraction of sp³-hybridized carbons (Fsp3) is 0.846. The summed E-state index contributed by atoms with van der Waals surface area (Å²) >= 11 is 0. The van der Waals surface area contributed by atoms with E-state index in [9.17, 15) is 9.59 Å². The molecular formula is C26H50N2O4. The highest BCUT2D eigenvalue weighted by Gasteiger charge is 2.04. The molecule has 1 amide bonds. The zero-order valence-electron chi connectivity index (χ0n) is 21.2. The zero-order valence-corrected chi connectivity index (χ0v) is 21.2. The molecule has 0 aromatic heterocycles. The second-order valence-electron chi connectivity index (χ2n) is 8.77. The number of rotatable bonds is 22. The smallest absolute Gasteiger partial charge is 0.407 e. The summed E-state index contributed by atoms with van der Waals surface area (Å²) in [5.41, 5.74) is 0. The summed E-state index contributed by atoms with van der Waals surface area (Å²) in [5.74, 6) is -0.155. The highest BCUT2D eigenvalue weighted by molar-refractivity contribution is 5.69. The van der Waals surface area contributed by atoms with Gasteiger partial charge in [-0.25, -0.2) is 4.79 Å². The van der Waals surface area contributed by atoms with Gasteiger partial charge in [0.15, 0.2) is 0 Å². The Labute approximate surface area is 197 Å². The van der Waals surface area contributed by atoms with Crippen molar-refractivity contribution in [1.82, 2.24) is 10.2 Å². The van der Waals surface area contributed by atoms with E-state index in [4.69, 9.17) is 9.47 Å². The molecular weight excluding hydrogens is 404 g/mol. The number of alkyl carbamates (subject to hydrolysis) is 1. The van der Waals surface area contributed by atoms with Crippen molar-refractivity contribution in [1.29, 1.82) is 0 Å². The van der Waals surface area contributed by atoms with Crippen LogP contribution in [0.2, 0.25) is 0 Å². The highest BCUT2D eigenvalue weighted by Crippen LogP contribution is 2.10. The fourth-order valence-corrected chi connectivity index (χ4v) is 3.25. The third kappa shape index (κ3) is 24.7. The van der Waals surface area contributed by atoms with Crippen LogP contribution in [0.4, 0.5) is 4.79 Å². The molecule has 0 unspecified atom stereocenters. The van der Waals surface area contributed by atoms with E-state index in [1.165, 1.54) is 70.6 Å². The Hall–Kier alpha value is -1.56. The molecule has 0 radical (unpaired) electrons. The zero-order chi connectivity index (χ0) is 23.7. The van der Waals surface area contributed by atoms with E-state index in [0.717, 1.165) is 19.4 Å². The Morgan fingerprint density at radius 1 is 0.750 bits per heavy atom. The molecule has 0 aliphatic carbocycles. The van der Waals surface area contributed by atoms with Gasteiger partial charge in [-0.15, -0.1) is 0 Å². The number of hydrogen-bond acceptors (Lipinski definition) is 5. The lowest BCUT2D eigenvalue weighted by Gasteiger charge is -2.10. The van der Waals surface area contributed by atoms with E-state index in [2.05, 4.69) is 24.4 Å². The first-order valence-electron chi connectivity index (χ1n) is 12.9. The number of nitrogens with zero attached hydrogens (tertiary/aromatic N) is 1. The van der Waals surface area contributed by atoms with E-state index in [-0.39, 0.29) is 12.6 Å². The lowest BCUT2D eigenvalue weighted by Crippen LogP contribution is -2.32. The molecule has 0 saturated heterocycles. The Kier molecular flexibility index (Phi) is 22.9. The number of unbranched alkanes of at least 4 members (excludes halogenated alkanes) is 11. The van der Waals surface area contributed by atoms with Gasteiger partial charge in [0, 0.05) is 25.9 Å². The number of carbonyl (C=O) groups excluding carboxylic acids is 2. The van der Waals surface area contributed by atoms with Crippen molar-refractivity contribution < 1.29 is 19.1 Å². The van der Waals surface area contributed by atoms with E-state index in [1.807, 2.05) is 19.0 Å². The number of esters is 1.